The molecule has 0 spiro atoms. The van der Waals surface area contributed by atoms with Crippen molar-refractivity contribution in [2.45, 2.75) is 6.92 Å². The Balaban J connectivity index is 2.01. The van der Waals surface area contributed by atoms with Crippen LogP contribution in [0, 0.1) is 6.92 Å². The molecular formula is C15H20ClN5. The molecular weight excluding hydrogens is 286 g/mol. The molecule has 0 bridgehead atoms. The van der Waals surface area contributed by atoms with Crippen LogP contribution in [0.1, 0.15) is 5.56 Å². The van der Waals surface area contributed by atoms with Gasteiger partial charge >= 0.3 is 0 Å². The summed E-state index contributed by atoms with van der Waals surface area (Å²) < 4.78 is 0. The normalized spacial score (nSPS) is 10.7. The molecule has 21 heavy (non-hydrogen) atoms. The molecule has 0 saturated heterocycles. The second kappa shape index (κ2) is 7.24. The van der Waals surface area contributed by atoms with Crippen molar-refractivity contribution < 1.29 is 0 Å². The van der Waals surface area contributed by atoms with Crippen LogP contribution in [0.5, 0.6) is 0 Å². The molecule has 0 amide bonds. The van der Waals surface area contributed by atoms with Gasteiger partial charge in [0.05, 0.1) is 0 Å². The van der Waals surface area contributed by atoms with Crippen LogP contribution in [-0.4, -0.2) is 42.1 Å². The van der Waals surface area contributed by atoms with Crippen LogP contribution >= 0.6 is 11.6 Å². The molecule has 6 heteroatoms. The summed E-state index contributed by atoms with van der Waals surface area (Å²) in [6, 6.07) is 7.71. The van der Waals surface area contributed by atoms with Crippen molar-refractivity contribution >= 4 is 28.9 Å². The number of benzene rings is 1. The molecule has 2 aromatic rings. The molecule has 0 saturated carbocycles. The first-order chi connectivity index (χ1) is 10.0. The molecule has 2 N–H and O–H groups in total. The Morgan fingerprint density at radius 3 is 2.62 bits per heavy atom. The molecule has 0 fully saturated rings. The lowest BCUT2D eigenvalue weighted by Gasteiger charge is -2.12. The van der Waals surface area contributed by atoms with E-state index in [0.29, 0.717) is 0 Å². The maximum Gasteiger partial charge on any atom is 0.135 e. The quantitative estimate of drug-likeness (QED) is 0.858. The third-order valence-electron chi connectivity index (χ3n) is 2.98. The van der Waals surface area contributed by atoms with Crippen LogP contribution in [-0.2, 0) is 0 Å². The molecule has 112 valence electrons. The van der Waals surface area contributed by atoms with E-state index in [-0.39, 0.29) is 0 Å². The van der Waals surface area contributed by atoms with Gasteiger partial charge in [-0.1, -0.05) is 17.7 Å². The molecule has 0 aliphatic rings. The van der Waals surface area contributed by atoms with Gasteiger partial charge in [0.1, 0.15) is 18.0 Å². The number of anilines is 3. The number of hydrogen-bond donors (Lipinski definition) is 2. The Hall–Kier alpha value is -1.85. The summed E-state index contributed by atoms with van der Waals surface area (Å²) in [5.74, 6) is 1.53. The molecule has 1 aromatic heterocycles. The van der Waals surface area contributed by atoms with E-state index in [9.17, 15) is 0 Å². The first-order valence-electron chi connectivity index (χ1n) is 6.78. The van der Waals surface area contributed by atoms with Crippen molar-refractivity contribution in [2.75, 3.05) is 37.8 Å². The van der Waals surface area contributed by atoms with Gasteiger partial charge in [-0.3, -0.25) is 0 Å². The second-order valence-corrected chi connectivity index (χ2v) is 5.51. The number of nitrogens with one attached hydrogen (secondary N) is 2. The number of halogens is 1. The lowest BCUT2D eigenvalue weighted by atomic mass is 10.2. The van der Waals surface area contributed by atoms with E-state index in [1.165, 1.54) is 6.33 Å². The number of aromatic nitrogens is 2. The minimum Gasteiger partial charge on any atom is -0.369 e. The Bertz CT molecular complexity index is 600. The fourth-order valence-electron chi connectivity index (χ4n) is 1.75. The molecule has 5 nitrogen and oxygen atoms in total. The Morgan fingerprint density at radius 2 is 1.90 bits per heavy atom. The maximum atomic E-state index is 6.12. The number of aryl methyl sites for hydroxylation is 1. The van der Waals surface area contributed by atoms with E-state index < -0.39 is 0 Å². The molecule has 0 radical (unpaired) electrons. The highest BCUT2D eigenvalue weighted by Crippen LogP contribution is 2.22. The Labute approximate surface area is 130 Å². The highest BCUT2D eigenvalue weighted by Gasteiger charge is 2.02. The van der Waals surface area contributed by atoms with E-state index in [1.54, 1.807) is 0 Å². The largest absolute Gasteiger partial charge is 0.369 e. The Morgan fingerprint density at radius 1 is 1.14 bits per heavy atom. The van der Waals surface area contributed by atoms with Gasteiger partial charge in [-0.2, -0.15) is 0 Å². The van der Waals surface area contributed by atoms with Gasteiger partial charge in [0.25, 0.3) is 0 Å². The van der Waals surface area contributed by atoms with Crippen LogP contribution in [0.3, 0.4) is 0 Å². The van der Waals surface area contributed by atoms with Crippen molar-refractivity contribution in [1.29, 1.82) is 0 Å². The highest BCUT2D eigenvalue weighted by atomic mass is 35.5. The summed E-state index contributed by atoms with van der Waals surface area (Å²) in [5, 5.41) is 7.22. The number of likely N-dealkylation sites (N-methyl/N-ethyl adjacent to an activating group) is 1. The van der Waals surface area contributed by atoms with E-state index in [0.717, 1.165) is 41.0 Å². The van der Waals surface area contributed by atoms with Crippen molar-refractivity contribution in [1.82, 2.24) is 14.9 Å². The molecule has 0 unspecified atom stereocenters. The van der Waals surface area contributed by atoms with Gasteiger partial charge in [-0.15, -0.1) is 0 Å². The molecule has 0 aliphatic heterocycles. The van der Waals surface area contributed by atoms with Crippen LogP contribution in [0.15, 0.2) is 30.6 Å². The van der Waals surface area contributed by atoms with Crippen molar-refractivity contribution in [3.05, 3.63) is 41.2 Å². The monoisotopic (exact) mass is 305 g/mol. The van der Waals surface area contributed by atoms with E-state index in [4.69, 9.17) is 11.6 Å². The van der Waals surface area contributed by atoms with E-state index in [2.05, 4.69) is 25.5 Å². The average molecular weight is 306 g/mol. The third kappa shape index (κ3) is 4.88. The zero-order valence-electron chi connectivity index (χ0n) is 12.5. The lowest BCUT2D eigenvalue weighted by Crippen LogP contribution is -2.21. The highest BCUT2D eigenvalue weighted by molar-refractivity contribution is 6.31. The predicted molar refractivity (Wildman–Crippen MR) is 88.5 cm³/mol. The van der Waals surface area contributed by atoms with Crippen LogP contribution in [0.4, 0.5) is 17.3 Å². The van der Waals surface area contributed by atoms with Gasteiger partial charge in [0, 0.05) is 29.9 Å². The number of rotatable bonds is 6. The van der Waals surface area contributed by atoms with E-state index in [1.807, 2.05) is 45.3 Å². The van der Waals surface area contributed by atoms with Gasteiger partial charge in [-0.05, 0) is 38.7 Å². The third-order valence-corrected chi connectivity index (χ3v) is 3.38. The number of nitrogens with zero attached hydrogens (tertiary/aromatic N) is 3. The zero-order valence-corrected chi connectivity index (χ0v) is 13.3. The zero-order chi connectivity index (χ0) is 15.2. The first-order valence-corrected chi connectivity index (χ1v) is 7.16. The topological polar surface area (TPSA) is 53.1 Å². The van der Waals surface area contributed by atoms with Gasteiger partial charge < -0.3 is 15.5 Å². The average Bonchev–Trinajstić information content (AvgIpc) is 2.43. The van der Waals surface area contributed by atoms with Gasteiger partial charge in [0.2, 0.25) is 0 Å². The van der Waals surface area contributed by atoms with Crippen molar-refractivity contribution in [3.63, 3.8) is 0 Å². The minimum atomic E-state index is 0.734. The standard InChI is InChI=1S/C15H20ClN5/c1-11-4-5-12(8-13(11)16)20-15-9-14(18-10-19-15)17-6-7-21(2)3/h4-5,8-10H,6-7H2,1-3H3,(H2,17,18,19,20). The van der Waals surface area contributed by atoms with Crippen LogP contribution in [0.2, 0.25) is 5.02 Å². The number of hydrogen-bond acceptors (Lipinski definition) is 5. The minimum absolute atomic E-state index is 0.734. The second-order valence-electron chi connectivity index (χ2n) is 5.11. The maximum absolute atomic E-state index is 6.12. The van der Waals surface area contributed by atoms with Crippen molar-refractivity contribution in [3.8, 4) is 0 Å². The Kier molecular flexibility index (Phi) is 5.36. The van der Waals surface area contributed by atoms with Crippen molar-refractivity contribution in [2.24, 2.45) is 0 Å². The predicted octanol–water partition coefficient (Wildman–Crippen LogP) is 3.16. The van der Waals surface area contributed by atoms with Gasteiger partial charge in [-0.25, -0.2) is 9.97 Å². The SMILES string of the molecule is Cc1ccc(Nc2cc(NCCN(C)C)ncn2)cc1Cl. The molecule has 2 rings (SSSR count). The molecule has 0 aliphatic carbocycles. The fraction of sp³-hybridized carbons (Fsp3) is 0.333. The van der Waals surface area contributed by atoms with E-state index >= 15 is 0 Å². The van der Waals surface area contributed by atoms with Crippen LogP contribution in [0.25, 0.3) is 0 Å². The smallest absolute Gasteiger partial charge is 0.135 e. The summed E-state index contributed by atoms with van der Waals surface area (Å²) in [6.07, 6.45) is 1.54. The summed E-state index contributed by atoms with van der Waals surface area (Å²) in [6.45, 7) is 3.75. The summed E-state index contributed by atoms with van der Waals surface area (Å²) in [4.78, 5) is 10.5. The molecule has 1 heterocycles. The molecule has 0 atom stereocenters. The lowest BCUT2D eigenvalue weighted by molar-refractivity contribution is 0.425. The fourth-order valence-corrected chi connectivity index (χ4v) is 1.93. The van der Waals surface area contributed by atoms with Gasteiger partial charge in [0.15, 0.2) is 0 Å². The summed E-state index contributed by atoms with van der Waals surface area (Å²) >= 11 is 6.12. The van der Waals surface area contributed by atoms with Crippen LogP contribution < -0.4 is 10.6 Å². The summed E-state index contributed by atoms with van der Waals surface area (Å²) in [7, 11) is 4.07. The molecule has 1 aromatic carbocycles. The summed E-state index contributed by atoms with van der Waals surface area (Å²) in [5.41, 5.74) is 1.96. The first kappa shape index (κ1) is 15.5.